The number of H-pyrrole nitrogens is 1. The van der Waals surface area contributed by atoms with Crippen LogP contribution < -0.4 is 21.6 Å². The standard InChI is InChI=1S/C18H25N5O3/c1-12-8-20-16(13(2)18(12)25)11-23-17(24)7-14(9-21-23)22-5-6-26-15(10-22)3-4-19/h7-9,15H,3-6,10-11,19H2,1-2H3,(H,20,25)/t15-/m0/s1. The molecule has 3 rings (SSSR count). The van der Waals surface area contributed by atoms with Crippen molar-refractivity contribution in [1.29, 1.82) is 0 Å². The third-order valence-electron chi connectivity index (χ3n) is 4.77. The second-order valence-electron chi connectivity index (χ2n) is 6.63. The van der Waals surface area contributed by atoms with Crippen LogP contribution in [0.2, 0.25) is 0 Å². The molecular weight excluding hydrogens is 334 g/mol. The fraction of sp³-hybridized carbons (Fsp3) is 0.500. The maximum absolute atomic E-state index is 12.5. The Morgan fingerprint density at radius 2 is 2.19 bits per heavy atom. The van der Waals surface area contributed by atoms with E-state index in [9.17, 15) is 9.59 Å². The lowest BCUT2D eigenvalue weighted by molar-refractivity contribution is 0.0368. The Balaban J connectivity index is 1.79. The summed E-state index contributed by atoms with van der Waals surface area (Å²) in [6.45, 7) is 6.35. The van der Waals surface area contributed by atoms with Gasteiger partial charge in [0.15, 0.2) is 5.43 Å². The SMILES string of the molecule is Cc1c[nH]c(Cn2ncc(N3CCO[C@@H](CCN)C3)cc2=O)c(C)c1=O. The minimum Gasteiger partial charge on any atom is -0.374 e. The number of nitrogens with zero attached hydrogens (tertiary/aromatic N) is 3. The van der Waals surface area contributed by atoms with Gasteiger partial charge in [-0.3, -0.25) is 9.59 Å². The first-order valence-corrected chi connectivity index (χ1v) is 8.81. The molecule has 140 valence electrons. The monoisotopic (exact) mass is 359 g/mol. The van der Waals surface area contributed by atoms with E-state index in [2.05, 4.69) is 15.0 Å². The van der Waals surface area contributed by atoms with Gasteiger partial charge in [-0.25, -0.2) is 4.68 Å². The van der Waals surface area contributed by atoms with E-state index >= 15 is 0 Å². The lowest BCUT2D eigenvalue weighted by atomic mass is 10.1. The molecule has 0 unspecified atom stereocenters. The second-order valence-corrected chi connectivity index (χ2v) is 6.63. The number of morpholine rings is 1. The number of aromatic amines is 1. The summed E-state index contributed by atoms with van der Waals surface area (Å²) in [5.74, 6) is 0. The van der Waals surface area contributed by atoms with Crippen LogP contribution in [-0.4, -0.2) is 47.1 Å². The van der Waals surface area contributed by atoms with Crippen molar-refractivity contribution >= 4 is 5.69 Å². The van der Waals surface area contributed by atoms with Crippen LogP contribution in [0.1, 0.15) is 23.2 Å². The Kier molecular flexibility index (Phi) is 5.53. The maximum atomic E-state index is 12.5. The molecular formula is C18H25N5O3. The normalized spacial score (nSPS) is 17.5. The predicted molar refractivity (Wildman–Crippen MR) is 99.8 cm³/mol. The van der Waals surface area contributed by atoms with Crippen molar-refractivity contribution in [2.75, 3.05) is 31.1 Å². The van der Waals surface area contributed by atoms with Gasteiger partial charge >= 0.3 is 0 Å². The molecule has 1 aliphatic rings. The van der Waals surface area contributed by atoms with Crippen molar-refractivity contribution in [1.82, 2.24) is 14.8 Å². The molecule has 3 N–H and O–H groups in total. The summed E-state index contributed by atoms with van der Waals surface area (Å²) < 4.78 is 7.03. The fourth-order valence-electron chi connectivity index (χ4n) is 3.15. The van der Waals surface area contributed by atoms with Crippen molar-refractivity contribution in [3.05, 3.63) is 55.9 Å². The summed E-state index contributed by atoms with van der Waals surface area (Å²) in [7, 11) is 0. The Bertz CT molecular complexity index is 887. The van der Waals surface area contributed by atoms with Gasteiger partial charge in [0.05, 0.1) is 31.1 Å². The molecule has 1 fully saturated rings. The Morgan fingerprint density at radius 1 is 1.38 bits per heavy atom. The summed E-state index contributed by atoms with van der Waals surface area (Å²) in [6, 6.07) is 1.58. The van der Waals surface area contributed by atoms with Crippen molar-refractivity contribution in [2.45, 2.75) is 32.9 Å². The Labute approximate surface area is 151 Å². The topological polar surface area (TPSA) is 106 Å². The van der Waals surface area contributed by atoms with Gasteiger partial charge in [0.25, 0.3) is 5.56 Å². The molecule has 0 radical (unpaired) electrons. The molecule has 2 aromatic rings. The van der Waals surface area contributed by atoms with Gasteiger partial charge in [0.2, 0.25) is 0 Å². The highest BCUT2D eigenvalue weighted by atomic mass is 16.5. The number of aryl methyl sites for hydroxylation is 1. The Morgan fingerprint density at radius 3 is 2.92 bits per heavy atom. The molecule has 8 heteroatoms. The van der Waals surface area contributed by atoms with Gasteiger partial charge in [-0.15, -0.1) is 0 Å². The molecule has 3 heterocycles. The number of hydrogen-bond acceptors (Lipinski definition) is 6. The molecule has 0 spiro atoms. The average Bonchev–Trinajstić information content (AvgIpc) is 2.64. The van der Waals surface area contributed by atoms with E-state index in [1.54, 1.807) is 32.3 Å². The summed E-state index contributed by atoms with van der Waals surface area (Å²) in [5.41, 5.74) is 8.13. The van der Waals surface area contributed by atoms with E-state index in [-0.39, 0.29) is 23.6 Å². The number of nitrogens with one attached hydrogen (secondary N) is 1. The predicted octanol–water partition coefficient (Wildman–Crippen LogP) is 0.151. The van der Waals surface area contributed by atoms with Gasteiger partial charge < -0.3 is 20.4 Å². The lowest BCUT2D eigenvalue weighted by Gasteiger charge is -2.34. The first-order chi connectivity index (χ1) is 12.5. The van der Waals surface area contributed by atoms with Gasteiger partial charge in [-0.2, -0.15) is 5.10 Å². The van der Waals surface area contributed by atoms with Crippen molar-refractivity contribution in [3.63, 3.8) is 0 Å². The number of pyridine rings is 1. The third-order valence-corrected chi connectivity index (χ3v) is 4.77. The first kappa shape index (κ1) is 18.3. The smallest absolute Gasteiger partial charge is 0.269 e. The zero-order valence-electron chi connectivity index (χ0n) is 15.2. The summed E-state index contributed by atoms with van der Waals surface area (Å²) >= 11 is 0. The minimum absolute atomic E-state index is 0.0114. The van der Waals surface area contributed by atoms with E-state index < -0.39 is 0 Å². The van der Waals surface area contributed by atoms with Gasteiger partial charge in [-0.05, 0) is 26.8 Å². The van der Waals surface area contributed by atoms with Crippen LogP contribution in [0.25, 0.3) is 0 Å². The molecule has 0 aromatic carbocycles. The first-order valence-electron chi connectivity index (χ1n) is 8.81. The number of aromatic nitrogens is 3. The average molecular weight is 359 g/mol. The van der Waals surface area contributed by atoms with E-state index in [0.29, 0.717) is 36.5 Å². The number of anilines is 1. The highest BCUT2D eigenvalue weighted by molar-refractivity contribution is 5.43. The van der Waals surface area contributed by atoms with Gasteiger partial charge in [0.1, 0.15) is 0 Å². The van der Waals surface area contributed by atoms with Crippen LogP contribution >= 0.6 is 0 Å². The molecule has 26 heavy (non-hydrogen) atoms. The minimum atomic E-state index is -0.204. The second kappa shape index (κ2) is 7.84. The van der Waals surface area contributed by atoms with E-state index in [1.165, 1.54) is 4.68 Å². The maximum Gasteiger partial charge on any atom is 0.269 e. The number of ether oxygens (including phenoxy) is 1. The summed E-state index contributed by atoms with van der Waals surface area (Å²) in [4.78, 5) is 29.7. The molecule has 1 aliphatic heterocycles. The molecule has 0 bridgehead atoms. The number of rotatable bonds is 5. The highest BCUT2D eigenvalue weighted by Crippen LogP contribution is 2.16. The van der Waals surface area contributed by atoms with Crippen LogP contribution in [0.4, 0.5) is 5.69 Å². The van der Waals surface area contributed by atoms with Crippen LogP contribution in [0, 0.1) is 13.8 Å². The van der Waals surface area contributed by atoms with E-state index in [4.69, 9.17) is 10.5 Å². The molecule has 2 aromatic heterocycles. The molecule has 0 amide bonds. The fourth-order valence-corrected chi connectivity index (χ4v) is 3.15. The van der Waals surface area contributed by atoms with E-state index in [0.717, 1.165) is 18.7 Å². The van der Waals surface area contributed by atoms with Crippen LogP contribution in [-0.2, 0) is 11.3 Å². The lowest BCUT2D eigenvalue weighted by Crippen LogP contribution is -2.44. The largest absolute Gasteiger partial charge is 0.374 e. The quantitative estimate of drug-likeness (QED) is 0.787. The van der Waals surface area contributed by atoms with Gasteiger partial charge in [0, 0.05) is 42.2 Å². The molecule has 1 atom stereocenters. The summed E-state index contributed by atoms with van der Waals surface area (Å²) in [5, 5.41) is 4.29. The van der Waals surface area contributed by atoms with Crippen molar-refractivity contribution in [2.24, 2.45) is 5.73 Å². The highest BCUT2D eigenvalue weighted by Gasteiger charge is 2.21. The molecule has 8 nitrogen and oxygen atoms in total. The van der Waals surface area contributed by atoms with E-state index in [1.807, 2.05) is 0 Å². The van der Waals surface area contributed by atoms with Crippen LogP contribution in [0.5, 0.6) is 0 Å². The number of hydrogen-bond donors (Lipinski definition) is 2. The van der Waals surface area contributed by atoms with Crippen molar-refractivity contribution < 1.29 is 4.74 Å². The van der Waals surface area contributed by atoms with Crippen LogP contribution in [0.15, 0.2) is 28.0 Å². The van der Waals surface area contributed by atoms with Gasteiger partial charge in [-0.1, -0.05) is 0 Å². The van der Waals surface area contributed by atoms with Crippen molar-refractivity contribution in [3.8, 4) is 0 Å². The zero-order valence-corrected chi connectivity index (χ0v) is 15.2. The zero-order chi connectivity index (χ0) is 18.7. The molecule has 0 saturated carbocycles. The summed E-state index contributed by atoms with van der Waals surface area (Å²) in [6.07, 6.45) is 4.22. The third kappa shape index (κ3) is 3.86. The molecule has 0 aliphatic carbocycles. The molecule has 1 saturated heterocycles. The number of nitrogens with two attached hydrogens (primary N) is 1. The Hall–Kier alpha value is -2.45. The van der Waals surface area contributed by atoms with Crippen LogP contribution in [0.3, 0.4) is 0 Å².